The first-order valence-corrected chi connectivity index (χ1v) is 5.69. The Labute approximate surface area is 112 Å². The van der Waals surface area contributed by atoms with Crippen molar-refractivity contribution in [2.75, 3.05) is 6.61 Å². The second kappa shape index (κ2) is 6.56. The van der Waals surface area contributed by atoms with E-state index in [1.165, 1.54) is 6.07 Å². The first kappa shape index (κ1) is 16.2. The molecule has 0 saturated heterocycles. The predicted octanol–water partition coefficient (Wildman–Crippen LogP) is 2.16. The van der Waals surface area contributed by atoms with Gasteiger partial charge in [-0.1, -0.05) is 6.07 Å². The second-order valence-electron chi connectivity index (χ2n) is 3.88. The SMILES string of the molecule is CCOC(=O)C(N)Cc1ccc(F)c(OC(F)(F)F)c1. The Bertz CT molecular complexity index is 476. The Kier molecular flexibility index (Phi) is 5.32. The van der Waals surface area contributed by atoms with Crippen LogP contribution in [0.2, 0.25) is 0 Å². The number of halogens is 4. The van der Waals surface area contributed by atoms with Crippen molar-refractivity contribution in [1.29, 1.82) is 0 Å². The van der Waals surface area contributed by atoms with Crippen LogP contribution in [0.4, 0.5) is 17.6 Å². The van der Waals surface area contributed by atoms with Crippen LogP contribution in [0.5, 0.6) is 5.75 Å². The molecule has 0 amide bonds. The third-order valence-corrected chi connectivity index (χ3v) is 2.27. The van der Waals surface area contributed by atoms with Gasteiger partial charge in [0.25, 0.3) is 0 Å². The summed E-state index contributed by atoms with van der Waals surface area (Å²) in [6.07, 6.45) is -5.09. The van der Waals surface area contributed by atoms with Crippen molar-refractivity contribution < 1.29 is 31.8 Å². The zero-order chi connectivity index (χ0) is 15.3. The van der Waals surface area contributed by atoms with E-state index < -0.39 is 29.9 Å². The molecule has 0 spiro atoms. The summed E-state index contributed by atoms with van der Waals surface area (Å²) in [5, 5.41) is 0. The molecule has 0 aromatic heterocycles. The summed E-state index contributed by atoms with van der Waals surface area (Å²) in [6.45, 7) is 1.73. The van der Waals surface area contributed by atoms with Gasteiger partial charge in [0.05, 0.1) is 6.61 Å². The average molecular weight is 295 g/mol. The second-order valence-corrected chi connectivity index (χ2v) is 3.88. The molecule has 0 aliphatic rings. The maximum Gasteiger partial charge on any atom is 0.573 e. The van der Waals surface area contributed by atoms with Gasteiger partial charge in [0.1, 0.15) is 6.04 Å². The predicted molar refractivity (Wildman–Crippen MR) is 61.4 cm³/mol. The van der Waals surface area contributed by atoms with Crippen molar-refractivity contribution in [3.8, 4) is 5.75 Å². The van der Waals surface area contributed by atoms with E-state index in [1.54, 1.807) is 6.92 Å². The lowest BCUT2D eigenvalue weighted by Crippen LogP contribution is -2.34. The van der Waals surface area contributed by atoms with Gasteiger partial charge in [-0.15, -0.1) is 13.2 Å². The molecule has 1 aromatic carbocycles. The molecule has 1 aromatic rings. The van der Waals surface area contributed by atoms with E-state index in [0.29, 0.717) is 0 Å². The molecular formula is C12H13F4NO3. The van der Waals surface area contributed by atoms with Crippen molar-refractivity contribution in [2.24, 2.45) is 5.73 Å². The Hall–Kier alpha value is -1.83. The standard InChI is InChI=1S/C12H13F4NO3/c1-2-19-11(18)9(17)5-7-3-4-8(13)10(6-7)20-12(14,15)16/h3-4,6,9H,2,5,17H2,1H3. The van der Waals surface area contributed by atoms with Crippen molar-refractivity contribution >= 4 is 5.97 Å². The summed E-state index contributed by atoms with van der Waals surface area (Å²) in [5.74, 6) is -2.81. The lowest BCUT2D eigenvalue weighted by atomic mass is 10.1. The third kappa shape index (κ3) is 5.04. The molecule has 1 rings (SSSR count). The zero-order valence-corrected chi connectivity index (χ0v) is 10.5. The molecular weight excluding hydrogens is 282 g/mol. The third-order valence-electron chi connectivity index (χ3n) is 2.27. The van der Waals surface area contributed by atoms with Gasteiger partial charge in [-0.2, -0.15) is 0 Å². The highest BCUT2D eigenvalue weighted by molar-refractivity contribution is 5.75. The number of rotatable bonds is 5. The summed E-state index contributed by atoms with van der Waals surface area (Å²) in [4.78, 5) is 11.3. The summed E-state index contributed by atoms with van der Waals surface area (Å²) in [7, 11) is 0. The van der Waals surface area contributed by atoms with Crippen LogP contribution in [-0.4, -0.2) is 25.0 Å². The van der Waals surface area contributed by atoms with Crippen molar-refractivity contribution in [2.45, 2.75) is 25.7 Å². The van der Waals surface area contributed by atoms with E-state index in [0.717, 1.165) is 12.1 Å². The fourth-order valence-electron chi connectivity index (χ4n) is 1.46. The lowest BCUT2D eigenvalue weighted by molar-refractivity contribution is -0.275. The molecule has 20 heavy (non-hydrogen) atoms. The highest BCUT2D eigenvalue weighted by atomic mass is 19.4. The molecule has 0 saturated carbocycles. The first-order chi connectivity index (χ1) is 9.23. The molecule has 112 valence electrons. The quantitative estimate of drug-likeness (QED) is 0.668. The van der Waals surface area contributed by atoms with Crippen molar-refractivity contribution in [3.05, 3.63) is 29.6 Å². The molecule has 0 radical (unpaired) electrons. The maximum absolute atomic E-state index is 13.2. The largest absolute Gasteiger partial charge is 0.573 e. The van der Waals surface area contributed by atoms with E-state index in [9.17, 15) is 22.4 Å². The van der Waals surface area contributed by atoms with Gasteiger partial charge in [-0.25, -0.2) is 4.39 Å². The maximum atomic E-state index is 13.2. The number of alkyl halides is 3. The highest BCUT2D eigenvalue weighted by Crippen LogP contribution is 2.26. The van der Waals surface area contributed by atoms with Crippen LogP contribution < -0.4 is 10.5 Å². The number of ether oxygens (including phenoxy) is 2. The Morgan fingerprint density at radius 1 is 1.40 bits per heavy atom. The van der Waals surface area contributed by atoms with Gasteiger partial charge in [0.2, 0.25) is 0 Å². The highest BCUT2D eigenvalue weighted by Gasteiger charge is 2.32. The van der Waals surface area contributed by atoms with Crippen LogP contribution >= 0.6 is 0 Å². The van der Waals surface area contributed by atoms with E-state index in [1.807, 2.05) is 0 Å². The number of hydrogen-bond acceptors (Lipinski definition) is 4. The van der Waals surface area contributed by atoms with Crippen molar-refractivity contribution in [1.82, 2.24) is 0 Å². The number of esters is 1. The molecule has 2 N–H and O–H groups in total. The minimum Gasteiger partial charge on any atom is -0.465 e. The van der Waals surface area contributed by atoms with Gasteiger partial charge in [-0.05, 0) is 31.0 Å². The number of hydrogen-bond donors (Lipinski definition) is 1. The Morgan fingerprint density at radius 2 is 2.05 bits per heavy atom. The van der Waals surface area contributed by atoms with Crippen molar-refractivity contribution in [3.63, 3.8) is 0 Å². The average Bonchev–Trinajstić information content (AvgIpc) is 2.32. The molecule has 1 atom stereocenters. The number of carbonyl (C=O) groups excluding carboxylic acids is 1. The van der Waals surface area contributed by atoms with E-state index >= 15 is 0 Å². The number of carbonyl (C=O) groups is 1. The fraction of sp³-hybridized carbons (Fsp3) is 0.417. The smallest absolute Gasteiger partial charge is 0.465 e. The molecule has 8 heteroatoms. The molecule has 0 fully saturated rings. The number of nitrogens with two attached hydrogens (primary N) is 1. The van der Waals surface area contributed by atoms with Gasteiger partial charge in [-0.3, -0.25) is 4.79 Å². The van der Waals surface area contributed by atoms with Gasteiger partial charge >= 0.3 is 12.3 Å². The minimum atomic E-state index is -5.00. The lowest BCUT2D eigenvalue weighted by Gasteiger charge is -2.13. The van der Waals surface area contributed by atoms with E-state index in [4.69, 9.17) is 5.73 Å². The van der Waals surface area contributed by atoms with Gasteiger partial charge in [0.15, 0.2) is 11.6 Å². The van der Waals surface area contributed by atoms with Crippen LogP contribution in [0.1, 0.15) is 12.5 Å². The van der Waals surface area contributed by atoms with Gasteiger partial charge < -0.3 is 15.2 Å². The van der Waals surface area contributed by atoms with Crippen LogP contribution in [0.25, 0.3) is 0 Å². The zero-order valence-electron chi connectivity index (χ0n) is 10.5. The summed E-state index contributed by atoms with van der Waals surface area (Å²) in [5.41, 5.74) is 5.75. The monoisotopic (exact) mass is 295 g/mol. The van der Waals surface area contributed by atoms with Crippen LogP contribution in [0, 0.1) is 5.82 Å². The molecule has 0 aliphatic heterocycles. The van der Waals surface area contributed by atoms with E-state index in [-0.39, 0.29) is 18.6 Å². The van der Waals surface area contributed by atoms with Crippen LogP contribution in [-0.2, 0) is 16.0 Å². The van der Waals surface area contributed by atoms with Gasteiger partial charge in [0, 0.05) is 0 Å². The molecule has 0 bridgehead atoms. The summed E-state index contributed by atoms with van der Waals surface area (Å²) in [6, 6.07) is 1.84. The molecule has 4 nitrogen and oxygen atoms in total. The summed E-state index contributed by atoms with van der Waals surface area (Å²) < 4.78 is 57.5. The molecule has 0 aliphatic carbocycles. The first-order valence-electron chi connectivity index (χ1n) is 5.69. The fourth-order valence-corrected chi connectivity index (χ4v) is 1.46. The Balaban J connectivity index is 2.82. The van der Waals surface area contributed by atoms with E-state index in [2.05, 4.69) is 9.47 Å². The Morgan fingerprint density at radius 3 is 2.60 bits per heavy atom. The van der Waals surface area contributed by atoms with Crippen LogP contribution in [0.3, 0.4) is 0 Å². The molecule has 0 heterocycles. The topological polar surface area (TPSA) is 61.5 Å². The molecule has 1 unspecified atom stereocenters. The number of benzene rings is 1. The summed E-state index contributed by atoms with van der Waals surface area (Å²) >= 11 is 0. The normalized spacial score (nSPS) is 12.9. The van der Waals surface area contributed by atoms with Crippen LogP contribution in [0.15, 0.2) is 18.2 Å². The minimum absolute atomic E-state index is 0.0899.